The van der Waals surface area contributed by atoms with Crippen molar-refractivity contribution in [2.24, 2.45) is 0 Å². The first kappa shape index (κ1) is 22.3. The van der Waals surface area contributed by atoms with Crippen LogP contribution in [0.4, 0.5) is 4.39 Å². The zero-order valence-electron chi connectivity index (χ0n) is 18.2. The number of benzene rings is 2. The van der Waals surface area contributed by atoms with Gasteiger partial charge in [0.05, 0.1) is 20.3 Å². The number of aliphatic carboxylic acids is 1. The van der Waals surface area contributed by atoms with E-state index in [2.05, 4.69) is 4.98 Å². The van der Waals surface area contributed by atoms with Crippen LogP contribution in [-0.4, -0.2) is 47.1 Å². The number of ether oxygens (including phenoxy) is 2. The summed E-state index contributed by atoms with van der Waals surface area (Å²) in [6.07, 6.45) is 2.24. The van der Waals surface area contributed by atoms with E-state index in [0.29, 0.717) is 34.7 Å². The number of likely N-dealkylation sites (tertiary alicyclic amines) is 1. The van der Waals surface area contributed by atoms with Gasteiger partial charge in [0, 0.05) is 29.0 Å². The van der Waals surface area contributed by atoms with E-state index in [9.17, 15) is 19.1 Å². The normalized spacial score (nSPS) is 17.6. The number of hydrogen-bond donors (Lipinski definition) is 1. The van der Waals surface area contributed by atoms with Gasteiger partial charge in [0.25, 0.3) is 5.91 Å². The molecule has 4 rings (SSSR count). The van der Waals surface area contributed by atoms with E-state index in [-0.39, 0.29) is 6.42 Å². The Hall–Kier alpha value is -3.94. The number of carboxylic acid groups (broad SMARTS) is 1. The molecule has 1 N–H and O–H groups in total. The van der Waals surface area contributed by atoms with Gasteiger partial charge in [-0.25, -0.2) is 14.2 Å². The van der Waals surface area contributed by atoms with Gasteiger partial charge in [-0.1, -0.05) is 30.3 Å². The SMILES string of the molecule is COc1cc(OC)c(-c2ccc(C(=O)N3[C@@H](c4ccccc4F)CC[C@H]3C(=O)O)cc2)cn1. The first-order valence-electron chi connectivity index (χ1n) is 10.4. The number of pyridine rings is 1. The number of halogens is 1. The molecule has 33 heavy (non-hydrogen) atoms. The molecule has 1 aliphatic heterocycles. The number of carbonyl (C=O) groups excluding carboxylic acids is 1. The second kappa shape index (κ2) is 9.28. The molecule has 0 unspecified atom stereocenters. The Bertz CT molecular complexity index is 1180. The van der Waals surface area contributed by atoms with E-state index in [1.807, 2.05) is 0 Å². The lowest BCUT2D eigenvalue weighted by atomic mass is 10.0. The molecule has 0 saturated carbocycles. The quantitative estimate of drug-likeness (QED) is 0.601. The predicted octanol–water partition coefficient (Wildman–Crippen LogP) is 4.34. The molecule has 8 heteroatoms. The first-order chi connectivity index (χ1) is 15.9. The average molecular weight is 450 g/mol. The number of methoxy groups -OCH3 is 2. The van der Waals surface area contributed by atoms with Crippen molar-refractivity contribution in [1.82, 2.24) is 9.88 Å². The number of amides is 1. The van der Waals surface area contributed by atoms with Crippen LogP contribution < -0.4 is 9.47 Å². The summed E-state index contributed by atoms with van der Waals surface area (Å²) in [5, 5.41) is 9.69. The molecule has 1 aromatic heterocycles. The highest BCUT2D eigenvalue weighted by Gasteiger charge is 2.42. The minimum absolute atomic E-state index is 0.257. The van der Waals surface area contributed by atoms with Gasteiger partial charge in [0.1, 0.15) is 17.6 Å². The molecular weight excluding hydrogens is 427 g/mol. The largest absolute Gasteiger partial charge is 0.496 e. The van der Waals surface area contributed by atoms with Crippen LogP contribution >= 0.6 is 0 Å². The zero-order chi connectivity index (χ0) is 23.5. The van der Waals surface area contributed by atoms with Gasteiger partial charge in [0.15, 0.2) is 0 Å². The summed E-state index contributed by atoms with van der Waals surface area (Å²) in [7, 11) is 3.05. The number of hydrogen-bond acceptors (Lipinski definition) is 5. The van der Waals surface area contributed by atoms with E-state index < -0.39 is 29.8 Å². The number of rotatable bonds is 6. The van der Waals surface area contributed by atoms with Crippen molar-refractivity contribution in [2.45, 2.75) is 24.9 Å². The molecule has 3 aromatic rings. The van der Waals surface area contributed by atoms with Crippen LogP contribution in [0.1, 0.15) is 34.8 Å². The molecule has 0 aliphatic carbocycles. The van der Waals surface area contributed by atoms with Gasteiger partial charge in [-0.15, -0.1) is 0 Å². The van der Waals surface area contributed by atoms with Crippen LogP contribution in [0, 0.1) is 5.82 Å². The molecule has 1 fully saturated rings. The maximum Gasteiger partial charge on any atom is 0.326 e. The third-order valence-corrected chi connectivity index (χ3v) is 5.88. The van der Waals surface area contributed by atoms with Crippen molar-refractivity contribution in [1.29, 1.82) is 0 Å². The van der Waals surface area contributed by atoms with E-state index >= 15 is 0 Å². The predicted molar refractivity (Wildman–Crippen MR) is 119 cm³/mol. The average Bonchev–Trinajstić information content (AvgIpc) is 3.29. The van der Waals surface area contributed by atoms with Crippen LogP contribution in [0.3, 0.4) is 0 Å². The lowest BCUT2D eigenvalue weighted by Crippen LogP contribution is -2.42. The van der Waals surface area contributed by atoms with Gasteiger partial charge >= 0.3 is 5.97 Å². The van der Waals surface area contributed by atoms with Gasteiger partial charge in [-0.2, -0.15) is 0 Å². The molecular formula is C25H23FN2O5. The number of carbonyl (C=O) groups is 2. The van der Waals surface area contributed by atoms with Crippen LogP contribution in [0.15, 0.2) is 60.8 Å². The van der Waals surface area contributed by atoms with Gasteiger partial charge in [0.2, 0.25) is 5.88 Å². The zero-order valence-corrected chi connectivity index (χ0v) is 18.2. The fourth-order valence-electron chi connectivity index (χ4n) is 4.25. The summed E-state index contributed by atoms with van der Waals surface area (Å²) in [6.45, 7) is 0. The molecule has 0 spiro atoms. The number of nitrogens with zero attached hydrogens (tertiary/aromatic N) is 2. The Labute approximate surface area is 190 Å². The summed E-state index contributed by atoms with van der Waals surface area (Å²) in [5.74, 6) is -1.05. The number of carboxylic acids is 1. The molecule has 2 heterocycles. The summed E-state index contributed by atoms with van der Waals surface area (Å²) in [6, 6.07) is 12.9. The topological polar surface area (TPSA) is 89.0 Å². The highest BCUT2D eigenvalue weighted by Crippen LogP contribution is 2.39. The lowest BCUT2D eigenvalue weighted by Gasteiger charge is -2.29. The van der Waals surface area contributed by atoms with Crippen molar-refractivity contribution in [3.8, 4) is 22.8 Å². The molecule has 1 saturated heterocycles. The molecule has 170 valence electrons. The van der Waals surface area contributed by atoms with E-state index in [4.69, 9.17) is 9.47 Å². The van der Waals surface area contributed by atoms with Crippen LogP contribution in [0.5, 0.6) is 11.6 Å². The third-order valence-electron chi connectivity index (χ3n) is 5.88. The van der Waals surface area contributed by atoms with E-state index in [1.165, 1.54) is 18.1 Å². The Kier molecular flexibility index (Phi) is 6.26. The van der Waals surface area contributed by atoms with Crippen LogP contribution in [-0.2, 0) is 4.79 Å². The minimum atomic E-state index is -1.10. The van der Waals surface area contributed by atoms with Gasteiger partial charge in [-0.05, 0) is 36.6 Å². The number of aromatic nitrogens is 1. The molecule has 2 aromatic carbocycles. The van der Waals surface area contributed by atoms with Gasteiger partial charge in [-0.3, -0.25) is 4.79 Å². The maximum atomic E-state index is 14.5. The highest BCUT2D eigenvalue weighted by molar-refractivity contribution is 5.97. The van der Waals surface area contributed by atoms with Crippen molar-refractivity contribution in [3.63, 3.8) is 0 Å². The van der Waals surface area contributed by atoms with Crippen molar-refractivity contribution in [2.75, 3.05) is 14.2 Å². The summed E-state index contributed by atoms with van der Waals surface area (Å²) in [4.78, 5) is 30.7. The lowest BCUT2D eigenvalue weighted by molar-refractivity contribution is -0.141. The minimum Gasteiger partial charge on any atom is -0.496 e. The summed E-state index contributed by atoms with van der Waals surface area (Å²) in [5.41, 5.74) is 2.11. The molecule has 0 radical (unpaired) electrons. The fourth-order valence-corrected chi connectivity index (χ4v) is 4.25. The first-order valence-corrected chi connectivity index (χ1v) is 10.4. The standard InChI is InChI=1S/C25H23FN2O5/c1-32-22-13-23(33-2)27-14-18(22)15-7-9-16(10-8-15)24(29)28-20(11-12-21(28)25(30)31)17-5-3-4-6-19(17)26/h3-10,13-14,20-21H,11-12H2,1-2H3,(H,30,31)/t20-,21+/m1/s1. The van der Waals surface area contributed by atoms with E-state index in [0.717, 1.165) is 5.56 Å². The Morgan fingerprint density at radius 3 is 2.42 bits per heavy atom. The molecule has 7 nitrogen and oxygen atoms in total. The Balaban J connectivity index is 1.66. The van der Waals surface area contributed by atoms with E-state index in [1.54, 1.807) is 61.8 Å². The molecule has 0 bridgehead atoms. The smallest absolute Gasteiger partial charge is 0.326 e. The second-order valence-electron chi connectivity index (χ2n) is 7.69. The Morgan fingerprint density at radius 1 is 1.06 bits per heavy atom. The molecule has 1 amide bonds. The van der Waals surface area contributed by atoms with Gasteiger partial charge < -0.3 is 19.5 Å². The second-order valence-corrected chi connectivity index (χ2v) is 7.69. The van der Waals surface area contributed by atoms with Crippen LogP contribution in [0.25, 0.3) is 11.1 Å². The molecule has 2 atom stereocenters. The van der Waals surface area contributed by atoms with Crippen molar-refractivity contribution >= 4 is 11.9 Å². The summed E-state index contributed by atoms with van der Waals surface area (Å²) < 4.78 is 25.0. The molecule has 1 aliphatic rings. The maximum absolute atomic E-state index is 14.5. The van der Waals surface area contributed by atoms with Crippen LogP contribution in [0.2, 0.25) is 0 Å². The highest BCUT2D eigenvalue weighted by atomic mass is 19.1. The van der Waals surface area contributed by atoms with Crippen molar-refractivity contribution < 1.29 is 28.6 Å². The third kappa shape index (κ3) is 4.24. The van der Waals surface area contributed by atoms with Crippen molar-refractivity contribution in [3.05, 3.63) is 77.7 Å². The Morgan fingerprint density at radius 2 is 1.79 bits per heavy atom. The summed E-state index contributed by atoms with van der Waals surface area (Å²) >= 11 is 0. The monoisotopic (exact) mass is 450 g/mol. The fraction of sp³-hybridized carbons (Fsp3) is 0.240.